The van der Waals surface area contributed by atoms with Crippen molar-refractivity contribution in [1.82, 2.24) is 9.55 Å². The Hall–Kier alpha value is -2.28. The van der Waals surface area contributed by atoms with Crippen molar-refractivity contribution < 1.29 is 4.79 Å². The smallest absolute Gasteiger partial charge is 0.257 e. The van der Waals surface area contributed by atoms with Gasteiger partial charge >= 0.3 is 0 Å². The first-order chi connectivity index (χ1) is 13.3. The lowest BCUT2D eigenvalue weighted by Gasteiger charge is -2.22. The van der Waals surface area contributed by atoms with Crippen LogP contribution in [-0.4, -0.2) is 34.3 Å². The van der Waals surface area contributed by atoms with Crippen LogP contribution in [0.1, 0.15) is 43.1 Å². The summed E-state index contributed by atoms with van der Waals surface area (Å²) in [6, 6.07) is 5.94. The molecule has 1 atom stereocenters. The zero-order valence-corrected chi connectivity index (χ0v) is 18.0. The van der Waals surface area contributed by atoms with Crippen LogP contribution in [0, 0.1) is 20.8 Å². The first-order valence-corrected chi connectivity index (χ1v) is 10.7. The lowest BCUT2D eigenvalue weighted by Crippen LogP contribution is -2.29. The third-order valence-corrected chi connectivity index (χ3v) is 6.45. The zero-order chi connectivity index (χ0) is 20.4. The van der Waals surface area contributed by atoms with Crippen LogP contribution in [0.4, 0.5) is 11.4 Å². The minimum absolute atomic E-state index is 0.0370. The van der Waals surface area contributed by atoms with Crippen LogP contribution in [0.2, 0.25) is 0 Å². The van der Waals surface area contributed by atoms with Crippen molar-refractivity contribution in [3.63, 3.8) is 0 Å². The van der Waals surface area contributed by atoms with Crippen molar-refractivity contribution in [3.05, 3.63) is 45.4 Å². The SMILES string of the molecule is CCN(CC)c1ccc(NC(=O)CC2CSc3nc(C)c(C)c(=O)n32)c(C)c1. The number of amides is 1. The van der Waals surface area contributed by atoms with E-state index in [1.54, 1.807) is 23.3 Å². The van der Waals surface area contributed by atoms with E-state index in [-0.39, 0.29) is 23.9 Å². The monoisotopic (exact) mass is 400 g/mol. The van der Waals surface area contributed by atoms with Gasteiger partial charge in [-0.3, -0.25) is 14.2 Å². The van der Waals surface area contributed by atoms with E-state index in [4.69, 9.17) is 0 Å². The number of benzene rings is 1. The summed E-state index contributed by atoms with van der Waals surface area (Å²) in [5, 5.41) is 3.73. The molecule has 3 rings (SSSR count). The van der Waals surface area contributed by atoms with E-state index in [1.807, 2.05) is 26.0 Å². The summed E-state index contributed by atoms with van der Waals surface area (Å²) in [5.74, 6) is 0.612. The lowest BCUT2D eigenvalue weighted by molar-refractivity contribution is -0.116. The molecule has 1 aliphatic rings. The Balaban J connectivity index is 1.73. The summed E-state index contributed by atoms with van der Waals surface area (Å²) in [6.45, 7) is 11.8. The van der Waals surface area contributed by atoms with Gasteiger partial charge in [-0.25, -0.2) is 4.98 Å². The first-order valence-electron chi connectivity index (χ1n) is 9.73. The summed E-state index contributed by atoms with van der Waals surface area (Å²) in [5.41, 5.74) is 4.38. The second-order valence-electron chi connectivity index (χ2n) is 7.17. The molecule has 6 nitrogen and oxygen atoms in total. The van der Waals surface area contributed by atoms with Crippen LogP contribution in [0.25, 0.3) is 0 Å². The predicted molar refractivity (Wildman–Crippen MR) is 116 cm³/mol. The summed E-state index contributed by atoms with van der Waals surface area (Å²) in [4.78, 5) is 32.0. The van der Waals surface area contributed by atoms with E-state index < -0.39 is 0 Å². The highest BCUT2D eigenvalue weighted by molar-refractivity contribution is 7.99. The van der Waals surface area contributed by atoms with Crippen LogP contribution in [0.3, 0.4) is 0 Å². The molecule has 1 aliphatic heterocycles. The largest absolute Gasteiger partial charge is 0.372 e. The summed E-state index contributed by atoms with van der Waals surface area (Å²) < 4.78 is 1.68. The van der Waals surface area contributed by atoms with Gasteiger partial charge in [0.25, 0.3) is 5.56 Å². The number of aryl methyl sites for hydroxylation is 2. The van der Waals surface area contributed by atoms with E-state index >= 15 is 0 Å². The molecule has 0 saturated heterocycles. The molecular formula is C21H28N4O2S. The third kappa shape index (κ3) is 3.94. The Bertz CT molecular complexity index is 950. The molecule has 0 aliphatic carbocycles. The number of carbonyl (C=O) groups excluding carboxylic acids is 1. The van der Waals surface area contributed by atoms with Crippen molar-refractivity contribution in [2.24, 2.45) is 0 Å². The molecule has 0 radical (unpaired) electrons. The van der Waals surface area contributed by atoms with E-state index in [0.29, 0.717) is 16.5 Å². The highest BCUT2D eigenvalue weighted by Gasteiger charge is 2.28. The number of thioether (sulfide) groups is 1. The molecule has 0 spiro atoms. The Kier molecular flexibility index (Phi) is 6.13. The molecule has 7 heteroatoms. The number of nitrogens with one attached hydrogen (secondary N) is 1. The maximum absolute atomic E-state index is 12.7. The van der Waals surface area contributed by atoms with E-state index in [2.05, 4.69) is 35.1 Å². The molecule has 150 valence electrons. The van der Waals surface area contributed by atoms with Gasteiger partial charge in [-0.1, -0.05) is 11.8 Å². The summed E-state index contributed by atoms with van der Waals surface area (Å²) in [7, 11) is 0. The average Bonchev–Trinajstić information content (AvgIpc) is 3.05. The van der Waals surface area contributed by atoms with Gasteiger partial charge < -0.3 is 10.2 Å². The lowest BCUT2D eigenvalue weighted by atomic mass is 10.1. The minimum Gasteiger partial charge on any atom is -0.372 e. The number of anilines is 2. The number of aromatic nitrogens is 2. The van der Waals surface area contributed by atoms with E-state index in [0.717, 1.165) is 35.7 Å². The number of carbonyl (C=O) groups is 1. The zero-order valence-electron chi connectivity index (χ0n) is 17.2. The predicted octanol–water partition coefficient (Wildman–Crippen LogP) is 3.69. The molecule has 1 aromatic carbocycles. The Morgan fingerprint density at radius 2 is 2.00 bits per heavy atom. The van der Waals surface area contributed by atoms with Crippen LogP contribution in [0.15, 0.2) is 28.2 Å². The Morgan fingerprint density at radius 3 is 2.64 bits per heavy atom. The molecular weight excluding hydrogens is 372 g/mol. The van der Waals surface area contributed by atoms with Gasteiger partial charge in [-0.15, -0.1) is 0 Å². The van der Waals surface area contributed by atoms with Crippen molar-refractivity contribution in [1.29, 1.82) is 0 Å². The van der Waals surface area contributed by atoms with Gasteiger partial charge in [0.2, 0.25) is 5.91 Å². The molecule has 1 unspecified atom stereocenters. The molecule has 2 aromatic rings. The summed E-state index contributed by atoms with van der Waals surface area (Å²) in [6.07, 6.45) is 0.265. The number of rotatable bonds is 6. The van der Waals surface area contributed by atoms with Gasteiger partial charge in [-0.05, 0) is 58.4 Å². The van der Waals surface area contributed by atoms with Crippen LogP contribution in [0.5, 0.6) is 0 Å². The fraction of sp³-hybridized carbons (Fsp3) is 0.476. The van der Waals surface area contributed by atoms with Crippen LogP contribution >= 0.6 is 11.8 Å². The number of nitrogens with zero attached hydrogens (tertiary/aromatic N) is 3. The van der Waals surface area contributed by atoms with Crippen molar-refractivity contribution in [2.75, 3.05) is 29.1 Å². The fourth-order valence-corrected chi connectivity index (χ4v) is 4.69. The maximum atomic E-state index is 12.7. The standard InChI is InChI=1S/C21H28N4O2S/c1-6-24(7-2)16-8-9-18(13(3)10-16)23-19(26)11-17-12-28-21-22-15(5)14(4)20(27)25(17)21/h8-10,17H,6-7,11-12H2,1-5H3,(H,23,26). The van der Waals surface area contributed by atoms with Crippen molar-refractivity contribution in [2.45, 2.75) is 52.2 Å². The fourth-order valence-electron chi connectivity index (χ4n) is 3.51. The van der Waals surface area contributed by atoms with Gasteiger partial charge in [0.05, 0.1) is 6.04 Å². The molecule has 0 fully saturated rings. The van der Waals surface area contributed by atoms with Gasteiger partial charge in [-0.2, -0.15) is 0 Å². The number of hydrogen-bond acceptors (Lipinski definition) is 5. The van der Waals surface area contributed by atoms with E-state index in [9.17, 15) is 9.59 Å². The minimum atomic E-state index is -0.158. The quantitative estimate of drug-likeness (QED) is 0.749. The highest BCUT2D eigenvalue weighted by Crippen LogP contribution is 2.33. The molecule has 1 N–H and O–H groups in total. The van der Waals surface area contributed by atoms with Gasteiger partial charge in [0.15, 0.2) is 5.16 Å². The molecule has 28 heavy (non-hydrogen) atoms. The Morgan fingerprint density at radius 1 is 1.29 bits per heavy atom. The molecule has 0 saturated carbocycles. The van der Waals surface area contributed by atoms with Crippen molar-refractivity contribution >= 4 is 29.0 Å². The topological polar surface area (TPSA) is 67.2 Å². The maximum Gasteiger partial charge on any atom is 0.257 e. The van der Waals surface area contributed by atoms with Crippen LogP contribution < -0.4 is 15.8 Å². The van der Waals surface area contributed by atoms with Crippen molar-refractivity contribution in [3.8, 4) is 0 Å². The molecule has 0 bridgehead atoms. The number of hydrogen-bond donors (Lipinski definition) is 1. The Labute approximate surface area is 170 Å². The third-order valence-electron chi connectivity index (χ3n) is 5.36. The summed E-state index contributed by atoms with van der Waals surface area (Å²) >= 11 is 1.54. The van der Waals surface area contributed by atoms with Crippen LogP contribution in [-0.2, 0) is 4.79 Å². The normalized spacial score (nSPS) is 15.4. The second-order valence-corrected chi connectivity index (χ2v) is 8.16. The van der Waals surface area contributed by atoms with Gasteiger partial charge in [0.1, 0.15) is 0 Å². The van der Waals surface area contributed by atoms with Gasteiger partial charge in [0, 0.05) is 47.9 Å². The molecule has 1 amide bonds. The molecule has 1 aromatic heterocycles. The first kappa shape index (κ1) is 20.5. The molecule has 2 heterocycles. The highest BCUT2D eigenvalue weighted by atomic mass is 32.2. The van der Waals surface area contributed by atoms with E-state index in [1.165, 1.54) is 0 Å². The second kappa shape index (κ2) is 8.39. The average molecular weight is 401 g/mol. The number of fused-ring (bicyclic) bond motifs is 1.